The van der Waals surface area contributed by atoms with Crippen LogP contribution in [0.4, 0.5) is 5.13 Å². The number of carbonyl (C=O) groups is 1. The van der Waals surface area contributed by atoms with E-state index in [-0.39, 0.29) is 5.91 Å². The van der Waals surface area contributed by atoms with Crippen LogP contribution in [0.25, 0.3) is 22.2 Å². The standard InChI is InChI=1S/C21H21N5OS/c1-11-14(4)28-21(22-11)24-20(27)16-10-18(19-12(2)25-26(5)13(19)3)23-17-9-7-6-8-15(16)17/h6-10H,1-5H3,(H,22,24,27). The molecule has 142 valence electrons. The molecule has 0 radical (unpaired) electrons. The average Bonchev–Trinajstić information content (AvgIpc) is 3.11. The Kier molecular flexibility index (Phi) is 4.47. The summed E-state index contributed by atoms with van der Waals surface area (Å²) in [7, 11) is 1.91. The number of anilines is 1. The van der Waals surface area contributed by atoms with Crippen LogP contribution in [0.15, 0.2) is 30.3 Å². The van der Waals surface area contributed by atoms with E-state index >= 15 is 0 Å². The number of rotatable bonds is 3. The van der Waals surface area contributed by atoms with Crippen LogP contribution in [0, 0.1) is 27.7 Å². The molecule has 0 bridgehead atoms. The van der Waals surface area contributed by atoms with Gasteiger partial charge in [0.25, 0.3) is 5.91 Å². The Morgan fingerprint density at radius 1 is 1.07 bits per heavy atom. The lowest BCUT2D eigenvalue weighted by molar-refractivity contribution is 0.102. The Labute approximate surface area is 167 Å². The van der Waals surface area contributed by atoms with Gasteiger partial charge in [0.05, 0.1) is 28.2 Å². The number of hydrogen-bond acceptors (Lipinski definition) is 5. The van der Waals surface area contributed by atoms with Crippen molar-refractivity contribution in [1.29, 1.82) is 0 Å². The molecule has 0 atom stereocenters. The van der Waals surface area contributed by atoms with E-state index in [2.05, 4.69) is 15.4 Å². The van der Waals surface area contributed by atoms with Gasteiger partial charge in [-0.2, -0.15) is 5.10 Å². The molecule has 0 aliphatic carbocycles. The molecule has 1 amide bonds. The molecule has 0 saturated heterocycles. The second kappa shape index (κ2) is 6.83. The van der Waals surface area contributed by atoms with Crippen molar-refractivity contribution in [2.45, 2.75) is 27.7 Å². The van der Waals surface area contributed by atoms with E-state index in [9.17, 15) is 4.79 Å². The van der Waals surface area contributed by atoms with Gasteiger partial charge in [0.2, 0.25) is 0 Å². The molecule has 0 aliphatic rings. The smallest absolute Gasteiger partial charge is 0.258 e. The minimum absolute atomic E-state index is 0.187. The minimum Gasteiger partial charge on any atom is -0.298 e. The predicted molar refractivity (Wildman–Crippen MR) is 113 cm³/mol. The Morgan fingerprint density at radius 2 is 1.82 bits per heavy atom. The second-order valence-corrected chi connectivity index (χ2v) is 8.06. The van der Waals surface area contributed by atoms with Crippen LogP contribution < -0.4 is 5.32 Å². The van der Waals surface area contributed by atoms with E-state index in [0.29, 0.717) is 10.7 Å². The van der Waals surface area contributed by atoms with Gasteiger partial charge in [-0.15, -0.1) is 11.3 Å². The molecule has 6 nitrogen and oxygen atoms in total. The first-order valence-electron chi connectivity index (χ1n) is 9.01. The number of aryl methyl sites for hydroxylation is 4. The lowest BCUT2D eigenvalue weighted by Gasteiger charge is -2.10. The lowest BCUT2D eigenvalue weighted by atomic mass is 10.0. The maximum Gasteiger partial charge on any atom is 0.258 e. The molecule has 0 saturated carbocycles. The maximum absolute atomic E-state index is 13.1. The normalized spacial score (nSPS) is 11.2. The first kappa shape index (κ1) is 18.3. The van der Waals surface area contributed by atoms with Gasteiger partial charge in [-0.05, 0) is 39.8 Å². The molecular formula is C21H21N5OS. The van der Waals surface area contributed by atoms with Gasteiger partial charge in [-0.1, -0.05) is 18.2 Å². The van der Waals surface area contributed by atoms with Crippen molar-refractivity contribution in [2.24, 2.45) is 7.05 Å². The summed E-state index contributed by atoms with van der Waals surface area (Å²) in [6.07, 6.45) is 0. The SMILES string of the molecule is Cc1nc(NC(=O)c2cc(-c3c(C)nn(C)c3C)nc3ccccc23)sc1C. The number of hydrogen-bond donors (Lipinski definition) is 1. The number of benzene rings is 1. The molecule has 4 aromatic rings. The van der Waals surface area contributed by atoms with Crippen LogP contribution in [-0.2, 0) is 7.05 Å². The maximum atomic E-state index is 13.1. The Balaban J connectivity index is 1.86. The second-order valence-electron chi connectivity index (χ2n) is 6.86. The van der Waals surface area contributed by atoms with Crippen molar-refractivity contribution in [3.8, 4) is 11.3 Å². The first-order valence-corrected chi connectivity index (χ1v) is 9.82. The molecule has 0 unspecified atom stereocenters. The summed E-state index contributed by atoms with van der Waals surface area (Å²) in [6, 6.07) is 9.54. The molecule has 7 heteroatoms. The molecule has 28 heavy (non-hydrogen) atoms. The van der Waals surface area contributed by atoms with Crippen molar-refractivity contribution in [2.75, 3.05) is 5.32 Å². The van der Waals surface area contributed by atoms with Crippen molar-refractivity contribution >= 4 is 33.3 Å². The highest BCUT2D eigenvalue weighted by molar-refractivity contribution is 7.15. The summed E-state index contributed by atoms with van der Waals surface area (Å²) in [4.78, 5) is 23.4. The zero-order valence-electron chi connectivity index (χ0n) is 16.5. The molecule has 0 spiro atoms. The highest BCUT2D eigenvalue weighted by Gasteiger charge is 2.19. The summed E-state index contributed by atoms with van der Waals surface area (Å²) in [6.45, 7) is 7.90. The number of aromatic nitrogens is 4. The quantitative estimate of drug-likeness (QED) is 0.555. The molecule has 1 aromatic carbocycles. The summed E-state index contributed by atoms with van der Waals surface area (Å²) in [5, 5.41) is 8.86. The molecule has 1 N–H and O–H groups in total. The third kappa shape index (κ3) is 3.07. The number of para-hydroxylation sites is 1. The first-order chi connectivity index (χ1) is 13.3. The molecule has 3 heterocycles. The predicted octanol–water partition coefficient (Wildman–Crippen LogP) is 4.58. The Hall–Kier alpha value is -3.06. The number of carbonyl (C=O) groups excluding carboxylic acids is 1. The van der Waals surface area contributed by atoms with Crippen molar-refractivity contribution in [1.82, 2.24) is 19.7 Å². The number of pyridine rings is 1. The van der Waals surface area contributed by atoms with Gasteiger partial charge in [0.1, 0.15) is 0 Å². The largest absolute Gasteiger partial charge is 0.298 e. The fourth-order valence-electron chi connectivity index (χ4n) is 3.33. The zero-order chi connectivity index (χ0) is 20.0. The third-order valence-corrected chi connectivity index (χ3v) is 5.96. The fraction of sp³-hybridized carbons (Fsp3) is 0.238. The van der Waals surface area contributed by atoms with Crippen LogP contribution in [0.2, 0.25) is 0 Å². The van der Waals surface area contributed by atoms with E-state index in [1.807, 2.05) is 69.8 Å². The van der Waals surface area contributed by atoms with E-state index in [4.69, 9.17) is 4.98 Å². The van der Waals surface area contributed by atoms with Gasteiger partial charge in [-0.25, -0.2) is 9.97 Å². The van der Waals surface area contributed by atoms with Gasteiger partial charge in [0.15, 0.2) is 5.13 Å². The van der Waals surface area contributed by atoms with Crippen LogP contribution >= 0.6 is 11.3 Å². The number of nitrogens with one attached hydrogen (secondary N) is 1. The van der Waals surface area contributed by atoms with Crippen LogP contribution in [-0.4, -0.2) is 25.7 Å². The van der Waals surface area contributed by atoms with E-state index in [0.717, 1.165) is 44.1 Å². The summed E-state index contributed by atoms with van der Waals surface area (Å²) >= 11 is 1.48. The monoisotopic (exact) mass is 391 g/mol. The average molecular weight is 392 g/mol. The highest BCUT2D eigenvalue weighted by atomic mass is 32.1. The van der Waals surface area contributed by atoms with E-state index in [1.54, 1.807) is 0 Å². The number of fused-ring (bicyclic) bond motifs is 1. The van der Waals surface area contributed by atoms with Crippen molar-refractivity contribution in [3.05, 3.63) is 57.9 Å². The molecule has 0 fully saturated rings. The Bertz CT molecular complexity index is 1200. The van der Waals surface area contributed by atoms with Crippen LogP contribution in [0.5, 0.6) is 0 Å². The fourth-order valence-corrected chi connectivity index (χ4v) is 4.14. The number of thiazole rings is 1. The van der Waals surface area contributed by atoms with Crippen LogP contribution in [0.3, 0.4) is 0 Å². The van der Waals surface area contributed by atoms with Gasteiger partial charge < -0.3 is 0 Å². The third-order valence-electron chi connectivity index (χ3n) is 4.97. The lowest BCUT2D eigenvalue weighted by Crippen LogP contribution is -2.13. The number of nitrogens with zero attached hydrogens (tertiary/aromatic N) is 4. The van der Waals surface area contributed by atoms with Gasteiger partial charge in [0, 0.05) is 28.6 Å². The van der Waals surface area contributed by atoms with Gasteiger partial charge in [-0.3, -0.25) is 14.8 Å². The molecule has 0 aliphatic heterocycles. The van der Waals surface area contributed by atoms with E-state index < -0.39 is 0 Å². The summed E-state index contributed by atoms with van der Waals surface area (Å²) in [5.41, 5.74) is 5.90. The summed E-state index contributed by atoms with van der Waals surface area (Å²) in [5.74, 6) is -0.187. The van der Waals surface area contributed by atoms with Crippen molar-refractivity contribution in [3.63, 3.8) is 0 Å². The Morgan fingerprint density at radius 3 is 2.46 bits per heavy atom. The van der Waals surface area contributed by atoms with E-state index in [1.165, 1.54) is 11.3 Å². The zero-order valence-corrected chi connectivity index (χ0v) is 17.3. The van der Waals surface area contributed by atoms with Crippen molar-refractivity contribution < 1.29 is 4.79 Å². The van der Waals surface area contributed by atoms with Crippen LogP contribution in [0.1, 0.15) is 32.3 Å². The topological polar surface area (TPSA) is 72.7 Å². The summed E-state index contributed by atoms with van der Waals surface area (Å²) < 4.78 is 1.84. The molecule has 4 rings (SSSR count). The molecule has 3 aromatic heterocycles. The minimum atomic E-state index is -0.187. The highest BCUT2D eigenvalue weighted by Crippen LogP contribution is 2.30. The molecular weight excluding hydrogens is 370 g/mol. The van der Waals surface area contributed by atoms with Gasteiger partial charge >= 0.3 is 0 Å². The number of amides is 1.